The molecular formula is C11H23N3O4S2. The summed E-state index contributed by atoms with van der Waals surface area (Å²) in [5.74, 6) is -0.00739. The number of unbranched alkanes of at least 4 members (excludes halogenated alkanes) is 1. The summed E-state index contributed by atoms with van der Waals surface area (Å²) in [6.07, 6.45) is 0.522. The first-order valence-electron chi connectivity index (χ1n) is 6.39. The second kappa shape index (κ2) is 8.56. The van der Waals surface area contributed by atoms with Crippen molar-refractivity contribution in [2.75, 3.05) is 31.6 Å². The molecule has 0 amide bonds. The van der Waals surface area contributed by atoms with E-state index in [4.69, 9.17) is 5.26 Å². The van der Waals surface area contributed by atoms with Gasteiger partial charge in [-0.3, -0.25) is 0 Å². The van der Waals surface area contributed by atoms with Gasteiger partial charge in [-0.1, -0.05) is 13.8 Å². The van der Waals surface area contributed by atoms with Gasteiger partial charge in [0.25, 0.3) is 0 Å². The van der Waals surface area contributed by atoms with Crippen LogP contribution in [0.4, 0.5) is 0 Å². The Morgan fingerprint density at radius 3 is 2.20 bits per heavy atom. The minimum atomic E-state index is -3.47. The zero-order chi connectivity index (χ0) is 15.8. The van der Waals surface area contributed by atoms with Gasteiger partial charge >= 0.3 is 0 Å². The van der Waals surface area contributed by atoms with Crippen LogP contribution >= 0.6 is 0 Å². The van der Waals surface area contributed by atoms with Gasteiger partial charge in [-0.15, -0.1) is 0 Å². The molecule has 0 saturated heterocycles. The summed E-state index contributed by atoms with van der Waals surface area (Å²) in [4.78, 5) is 0. The van der Waals surface area contributed by atoms with E-state index in [0.717, 1.165) is 4.31 Å². The van der Waals surface area contributed by atoms with Crippen molar-refractivity contribution in [1.82, 2.24) is 9.03 Å². The third kappa shape index (κ3) is 8.47. The maximum absolute atomic E-state index is 11.7. The van der Waals surface area contributed by atoms with Gasteiger partial charge in [0.2, 0.25) is 20.0 Å². The lowest BCUT2D eigenvalue weighted by atomic mass is 10.2. The Bertz CT molecular complexity index is 520. The van der Waals surface area contributed by atoms with Gasteiger partial charge < -0.3 is 0 Å². The van der Waals surface area contributed by atoms with Crippen LogP contribution in [-0.2, 0) is 20.0 Å². The molecule has 0 heterocycles. The zero-order valence-electron chi connectivity index (χ0n) is 12.2. The fourth-order valence-electron chi connectivity index (χ4n) is 1.30. The number of sulfonamides is 2. The Balaban J connectivity index is 4.12. The molecule has 0 fully saturated rings. The van der Waals surface area contributed by atoms with Crippen LogP contribution in [0.5, 0.6) is 0 Å². The molecule has 0 aliphatic carbocycles. The van der Waals surface area contributed by atoms with Crippen molar-refractivity contribution in [1.29, 1.82) is 5.26 Å². The lowest BCUT2D eigenvalue weighted by Crippen LogP contribution is -2.31. The van der Waals surface area contributed by atoms with Gasteiger partial charge in [-0.25, -0.2) is 21.6 Å². The monoisotopic (exact) mass is 325 g/mol. The summed E-state index contributed by atoms with van der Waals surface area (Å²) < 4.78 is 49.9. The number of nitrogens with zero attached hydrogens (tertiary/aromatic N) is 2. The van der Waals surface area contributed by atoms with E-state index < -0.39 is 20.0 Å². The Kier molecular flexibility index (Phi) is 8.27. The van der Waals surface area contributed by atoms with E-state index in [0.29, 0.717) is 6.54 Å². The predicted molar refractivity (Wildman–Crippen MR) is 77.9 cm³/mol. The molecular weight excluding hydrogens is 302 g/mol. The molecule has 0 aromatic rings. The van der Waals surface area contributed by atoms with Crippen LogP contribution in [0.1, 0.15) is 26.7 Å². The van der Waals surface area contributed by atoms with Gasteiger partial charge in [0.05, 0.1) is 17.6 Å². The number of rotatable bonds is 10. The molecule has 0 aliphatic rings. The van der Waals surface area contributed by atoms with Gasteiger partial charge in [-0.05, 0) is 18.8 Å². The maximum atomic E-state index is 11.7. The van der Waals surface area contributed by atoms with Crippen LogP contribution in [0.25, 0.3) is 0 Å². The average Bonchev–Trinajstić information content (AvgIpc) is 2.33. The molecule has 118 valence electrons. The quantitative estimate of drug-likeness (QED) is 0.454. The first kappa shape index (κ1) is 19.3. The first-order chi connectivity index (χ1) is 9.10. The number of hydrogen-bond donors (Lipinski definition) is 1. The minimum Gasteiger partial charge on any atom is -0.215 e. The average molecular weight is 325 g/mol. The van der Waals surface area contributed by atoms with E-state index in [1.807, 2.05) is 13.8 Å². The summed E-state index contributed by atoms with van der Waals surface area (Å²) >= 11 is 0. The van der Waals surface area contributed by atoms with Crippen molar-refractivity contribution in [2.24, 2.45) is 5.92 Å². The second-order valence-corrected chi connectivity index (χ2v) is 9.12. The highest BCUT2D eigenvalue weighted by atomic mass is 32.2. The minimum absolute atomic E-state index is 0.0861. The van der Waals surface area contributed by atoms with Crippen molar-refractivity contribution in [3.8, 4) is 6.07 Å². The molecule has 0 spiro atoms. The molecule has 0 rings (SSSR count). The Labute approximate surface area is 122 Å². The second-order valence-electron chi connectivity index (χ2n) is 5.00. The highest BCUT2D eigenvalue weighted by Gasteiger charge is 2.17. The Hall–Kier alpha value is -0.690. The SMILES string of the molecule is CC(C)CNS(=O)(=O)CCCCS(=O)(=O)N(C)CC#N. The lowest BCUT2D eigenvalue weighted by Gasteiger charge is -2.13. The van der Waals surface area contributed by atoms with E-state index >= 15 is 0 Å². The molecule has 1 N–H and O–H groups in total. The van der Waals surface area contributed by atoms with E-state index in [9.17, 15) is 16.8 Å². The van der Waals surface area contributed by atoms with Crippen LogP contribution in [0.2, 0.25) is 0 Å². The van der Waals surface area contributed by atoms with Gasteiger partial charge in [0.15, 0.2) is 0 Å². The largest absolute Gasteiger partial charge is 0.215 e. The van der Waals surface area contributed by atoms with Crippen molar-refractivity contribution < 1.29 is 16.8 Å². The fraction of sp³-hybridized carbons (Fsp3) is 0.909. The van der Waals surface area contributed by atoms with Crippen molar-refractivity contribution >= 4 is 20.0 Å². The van der Waals surface area contributed by atoms with Gasteiger partial charge in [0, 0.05) is 13.6 Å². The number of nitrogens with one attached hydrogen (secondary N) is 1. The van der Waals surface area contributed by atoms with Crippen LogP contribution in [0, 0.1) is 17.2 Å². The summed E-state index contributed by atoms with van der Waals surface area (Å²) in [5, 5.41) is 8.44. The highest BCUT2D eigenvalue weighted by Crippen LogP contribution is 2.03. The molecule has 0 bridgehead atoms. The van der Waals surface area contributed by atoms with E-state index in [1.165, 1.54) is 7.05 Å². The molecule has 0 aliphatic heterocycles. The van der Waals surface area contributed by atoms with Crippen LogP contribution in [0.3, 0.4) is 0 Å². The Morgan fingerprint density at radius 2 is 1.70 bits per heavy atom. The molecule has 20 heavy (non-hydrogen) atoms. The summed E-state index contributed by atoms with van der Waals surface area (Å²) in [6.45, 7) is 3.99. The van der Waals surface area contributed by atoms with Gasteiger partial charge in [0.1, 0.15) is 6.54 Å². The third-order valence-corrected chi connectivity index (χ3v) is 5.86. The summed E-state index contributed by atoms with van der Waals surface area (Å²) in [6, 6.07) is 1.76. The zero-order valence-corrected chi connectivity index (χ0v) is 13.8. The molecule has 0 atom stereocenters. The normalized spacial score (nSPS) is 12.8. The fourth-order valence-corrected chi connectivity index (χ4v) is 3.75. The molecule has 0 radical (unpaired) electrons. The van der Waals surface area contributed by atoms with E-state index in [1.54, 1.807) is 6.07 Å². The maximum Gasteiger partial charge on any atom is 0.214 e. The first-order valence-corrected chi connectivity index (χ1v) is 9.65. The molecule has 0 aromatic heterocycles. The van der Waals surface area contributed by atoms with Crippen LogP contribution in [-0.4, -0.2) is 52.8 Å². The lowest BCUT2D eigenvalue weighted by molar-refractivity contribution is 0.499. The van der Waals surface area contributed by atoms with Crippen LogP contribution < -0.4 is 4.72 Å². The standard InChI is InChI=1S/C11H23N3O4S2/c1-11(2)10-13-19(15,16)8-4-5-9-20(17,18)14(3)7-6-12/h11,13H,4-5,7-10H2,1-3H3. The molecule has 0 unspecified atom stereocenters. The Morgan fingerprint density at radius 1 is 1.15 bits per heavy atom. The highest BCUT2D eigenvalue weighted by molar-refractivity contribution is 7.89. The molecule has 9 heteroatoms. The topological polar surface area (TPSA) is 107 Å². The summed E-state index contributed by atoms with van der Waals surface area (Å²) in [7, 11) is -5.47. The molecule has 7 nitrogen and oxygen atoms in total. The predicted octanol–water partition coefficient (Wildman–Crippen LogP) is 0.127. The van der Waals surface area contributed by atoms with Crippen LogP contribution in [0.15, 0.2) is 0 Å². The van der Waals surface area contributed by atoms with E-state index in [-0.39, 0.29) is 36.8 Å². The summed E-state index contributed by atoms with van der Waals surface area (Å²) in [5.41, 5.74) is 0. The van der Waals surface area contributed by atoms with Crippen molar-refractivity contribution in [3.05, 3.63) is 0 Å². The van der Waals surface area contributed by atoms with Crippen molar-refractivity contribution in [2.45, 2.75) is 26.7 Å². The van der Waals surface area contributed by atoms with E-state index in [2.05, 4.69) is 4.72 Å². The third-order valence-electron chi connectivity index (χ3n) is 2.55. The molecule has 0 saturated carbocycles. The van der Waals surface area contributed by atoms with Crippen molar-refractivity contribution in [3.63, 3.8) is 0 Å². The number of nitriles is 1. The van der Waals surface area contributed by atoms with Gasteiger partial charge in [-0.2, -0.15) is 9.57 Å². The smallest absolute Gasteiger partial charge is 0.214 e. The number of hydrogen-bond acceptors (Lipinski definition) is 5. The molecule has 0 aromatic carbocycles.